The number of carbonyl (C=O) groups excluding carboxylic acids is 3. The fourth-order valence-electron chi connectivity index (χ4n) is 5.51. The molecule has 3 fully saturated rings. The highest BCUT2D eigenvalue weighted by Crippen LogP contribution is 2.72. The maximum Gasteiger partial charge on any atom is 0.408 e. The molecule has 204 valence electrons. The number of likely N-dealkylation sites (tertiary alicyclic amines) is 1. The van der Waals surface area contributed by atoms with Gasteiger partial charge < -0.3 is 25.2 Å². The largest absolute Gasteiger partial charge is 0.446 e. The van der Waals surface area contributed by atoms with Gasteiger partial charge in [-0.2, -0.15) is 0 Å². The van der Waals surface area contributed by atoms with E-state index in [1.807, 2.05) is 27.7 Å². The predicted octanol–water partition coefficient (Wildman–Crippen LogP) is 4.15. The summed E-state index contributed by atoms with van der Waals surface area (Å²) < 4.78 is 18.9. The van der Waals surface area contributed by atoms with Crippen molar-refractivity contribution in [1.29, 1.82) is 0 Å². The molecule has 1 saturated heterocycles. The number of nitrogens with one attached hydrogen (secondary N) is 2. The molecule has 36 heavy (non-hydrogen) atoms. The van der Waals surface area contributed by atoms with Crippen molar-refractivity contribution in [1.82, 2.24) is 15.5 Å². The maximum absolute atomic E-state index is 13.7. The van der Waals surface area contributed by atoms with Gasteiger partial charge >= 0.3 is 6.09 Å². The standard InChI is InChI=1S/C26H44N3O6P/c1-7-17(3)36(33,34)26(16-18(26)8-2)28-22(30)20-14-11-15-29(20)23(31)21(25(4,5)6)27-24(32)35-19-12-9-10-13-19/h8,17-21H,2,7,9-16H2,1,3-6H3,(H,27,32)(H,28,30)(H,33,34)/t17?,18-,20+,21?,26+/m1/s1. The van der Waals surface area contributed by atoms with Gasteiger partial charge in [0.25, 0.3) is 0 Å². The summed E-state index contributed by atoms with van der Waals surface area (Å²) >= 11 is 0. The summed E-state index contributed by atoms with van der Waals surface area (Å²) in [6.45, 7) is 13.3. The molecule has 0 aromatic heterocycles. The van der Waals surface area contributed by atoms with Crippen molar-refractivity contribution in [2.24, 2.45) is 11.3 Å². The Hall–Kier alpha value is -1.86. The fourth-order valence-corrected chi connectivity index (χ4v) is 8.10. The molecule has 2 aliphatic carbocycles. The summed E-state index contributed by atoms with van der Waals surface area (Å²) in [4.78, 5) is 52.3. The molecule has 3 N–H and O–H groups in total. The van der Waals surface area contributed by atoms with Crippen molar-refractivity contribution in [3.63, 3.8) is 0 Å². The lowest BCUT2D eigenvalue weighted by Crippen LogP contribution is -2.58. The zero-order valence-corrected chi connectivity index (χ0v) is 23.3. The molecule has 0 aromatic rings. The first-order valence-corrected chi connectivity index (χ1v) is 15.1. The zero-order chi connectivity index (χ0) is 26.9. The predicted molar refractivity (Wildman–Crippen MR) is 139 cm³/mol. The minimum atomic E-state index is -3.75. The van der Waals surface area contributed by atoms with Crippen LogP contribution in [0.15, 0.2) is 12.7 Å². The van der Waals surface area contributed by atoms with Crippen molar-refractivity contribution in [2.45, 2.75) is 115 Å². The van der Waals surface area contributed by atoms with E-state index in [1.54, 1.807) is 13.0 Å². The van der Waals surface area contributed by atoms with Gasteiger partial charge in [0, 0.05) is 18.1 Å². The fraction of sp³-hybridized carbons (Fsp3) is 0.808. The Balaban J connectivity index is 1.75. The third-order valence-corrected chi connectivity index (χ3v) is 11.5. The van der Waals surface area contributed by atoms with Crippen molar-refractivity contribution in [3.05, 3.63) is 12.7 Å². The molecule has 3 rings (SSSR count). The Kier molecular flexibility index (Phi) is 8.66. The Labute approximate surface area is 215 Å². The third-order valence-electron chi connectivity index (χ3n) is 8.16. The second kappa shape index (κ2) is 10.9. The number of hydrogen-bond acceptors (Lipinski definition) is 5. The van der Waals surface area contributed by atoms with E-state index >= 15 is 0 Å². The van der Waals surface area contributed by atoms with Crippen LogP contribution in [0.25, 0.3) is 0 Å². The van der Waals surface area contributed by atoms with Crippen LogP contribution in [-0.2, 0) is 18.9 Å². The number of alkyl carbamates (subject to hydrolysis) is 1. The number of carbonyl (C=O) groups is 3. The summed E-state index contributed by atoms with van der Waals surface area (Å²) in [6.07, 6.45) is 6.55. The summed E-state index contributed by atoms with van der Waals surface area (Å²) in [7, 11) is -3.75. The second-order valence-electron chi connectivity index (χ2n) is 11.8. The maximum atomic E-state index is 13.7. The zero-order valence-electron chi connectivity index (χ0n) is 22.4. The van der Waals surface area contributed by atoms with Crippen LogP contribution in [-0.4, -0.2) is 63.4 Å². The second-order valence-corrected chi connectivity index (χ2v) is 14.7. The summed E-state index contributed by atoms with van der Waals surface area (Å²) in [5.74, 6) is -1.06. The Morgan fingerprint density at radius 1 is 1.22 bits per heavy atom. The first-order chi connectivity index (χ1) is 16.8. The first-order valence-electron chi connectivity index (χ1n) is 13.3. The third kappa shape index (κ3) is 5.67. The summed E-state index contributed by atoms with van der Waals surface area (Å²) in [5.41, 5.74) is -1.08. The van der Waals surface area contributed by atoms with Crippen LogP contribution in [0, 0.1) is 11.3 Å². The molecule has 10 heteroatoms. The molecule has 0 bridgehead atoms. The van der Waals surface area contributed by atoms with Gasteiger partial charge in [0.15, 0.2) is 0 Å². The molecule has 3 amide bonds. The molecule has 3 aliphatic rings. The molecule has 0 radical (unpaired) electrons. The summed E-state index contributed by atoms with van der Waals surface area (Å²) in [5, 5.41) is 4.42. The Morgan fingerprint density at radius 2 is 1.86 bits per heavy atom. The number of ether oxygens (including phenoxy) is 1. The number of amides is 3. The number of hydrogen-bond donors (Lipinski definition) is 3. The normalized spacial score (nSPS) is 29.7. The van der Waals surface area contributed by atoms with Crippen LogP contribution in [0.4, 0.5) is 4.79 Å². The van der Waals surface area contributed by atoms with E-state index in [0.717, 1.165) is 25.7 Å². The Morgan fingerprint density at radius 3 is 2.39 bits per heavy atom. The average Bonchev–Trinajstić information content (AvgIpc) is 3.15. The van der Waals surface area contributed by atoms with Gasteiger partial charge in [-0.25, -0.2) is 4.79 Å². The summed E-state index contributed by atoms with van der Waals surface area (Å²) in [6, 6.07) is -1.64. The van der Waals surface area contributed by atoms with Gasteiger partial charge in [0.2, 0.25) is 19.2 Å². The van der Waals surface area contributed by atoms with Crippen molar-refractivity contribution >= 4 is 25.3 Å². The van der Waals surface area contributed by atoms with Gasteiger partial charge in [-0.05, 0) is 56.8 Å². The van der Waals surface area contributed by atoms with Crippen LogP contribution in [0.3, 0.4) is 0 Å². The van der Waals surface area contributed by atoms with E-state index < -0.39 is 47.8 Å². The topological polar surface area (TPSA) is 125 Å². The van der Waals surface area contributed by atoms with Crippen LogP contribution < -0.4 is 10.6 Å². The molecule has 3 unspecified atom stereocenters. The molecule has 9 nitrogen and oxygen atoms in total. The molecule has 1 aliphatic heterocycles. The molecule has 1 heterocycles. The minimum absolute atomic E-state index is 0.127. The lowest BCUT2D eigenvalue weighted by Gasteiger charge is -2.36. The van der Waals surface area contributed by atoms with Crippen molar-refractivity contribution in [3.8, 4) is 0 Å². The van der Waals surface area contributed by atoms with Gasteiger partial charge in [0.05, 0.1) is 0 Å². The van der Waals surface area contributed by atoms with E-state index in [0.29, 0.717) is 32.2 Å². The molecular weight excluding hydrogens is 481 g/mol. The van der Waals surface area contributed by atoms with Gasteiger partial charge in [-0.3, -0.25) is 14.2 Å². The molecule has 0 aromatic carbocycles. The Bertz CT molecular complexity index is 912. The number of nitrogens with zero attached hydrogens (tertiary/aromatic N) is 1. The van der Waals surface area contributed by atoms with E-state index in [4.69, 9.17) is 4.74 Å². The van der Waals surface area contributed by atoms with Gasteiger partial charge in [-0.15, -0.1) is 6.58 Å². The van der Waals surface area contributed by atoms with Crippen LogP contribution in [0.2, 0.25) is 0 Å². The molecule has 2 saturated carbocycles. The highest BCUT2D eigenvalue weighted by Gasteiger charge is 2.66. The average molecular weight is 526 g/mol. The van der Waals surface area contributed by atoms with E-state index in [2.05, 4.69) is 17.2 Å². The van der Waals surface area contributed by atoms with Crippen molar-refractivity contribution < 1.29 is 28.6 Å². The monoisotopic (exact) mass is 525 g/mol. The smallest absolute Gasteiger partial charge is 0.408 e. The van der Waals surface area contributed by atoms with Crippen LogP contribution in [0.1, 0.15) is 86.0 Å². The highest BCUT2D eigenvalue weighted by atomic mass is 31.2. The molecule has 0 spiro atoms. The first kappa shape index (κ1) is 28.7. The lowest BCUT2D eigenvalue weighted by atomic mass is 9.85. The molecule has 6 atom stereocenters. The lowest BCUT2D eigenvalue weighted by molar-refractivity contribution is -0.142. The SMILES string of the molecule is C=C[C@@H]1C[C@]1(NC(=O)[C@@H]1CCCN1C(=O)C(NC(=O)OC1CCCC1)C(C)(C)C)P(=O)(O)C(C)CC. The van der Waals surface area contributed by atoms with Gasteiger partial charge in [0.1, 0.15) is 23.5 Å². The van der Waals surface area contributed by atoms with E-state index in [1.165, 1.54) is 4.90 Å². The van der Waals surface area contributed by atoms with Crippen LogP contribution >= 0.6 is 7.37 Å². The van der Waals surface area contributed by atoms with E-state index in [9.17, 15) is 23.8 Å². The minimum Gasteiger partial charge on any atom is -0.446 e. The van der Waals surface area contributed by atoms with E-state index in [-0.39, 0.29) is 17.9 Å². The van der Waals surface area contributed by atoms with Gasteiger partial charge in [-0.1, -0.05) is 40.7 Å². The molecular formula is C26H44N3O6P. The number of rotatable bonds is 9. The van der Waals surface area contributed by atoms with Crippen molar-refractivity contribution in [2.75, 3.05) is 6.54 Å². The quantitative estimate of drug-likeness (QED) is 0.307. The van der Waals surface area contributed by atoms with Crippen LogP contribution in [0.5, 0.6) is 0 Å². The highest BCUT2D eigenvalue weighted by molar-refractivity contribution is 7.60.